The van der Waals surface area contributed by atoms with Gasteiger partial charge in [0.05, 0.1) is 0 Å². The van der Waals surface area contributed by atoms with Crippen molar-refractivity contribution in [3.63, 3.8) is 0 Å². The maximum Gasteiger partial charge on any atom is 0.198 e. The van der Waals surface area contributed by atoms with Crippen molar-refractivity contribution in [1.29, 1.82) is 0 Å². The predicted molar refractivity (Wildman–Crippen MR) is 78.9 cm³/mol. The van der Waals surface area contributed by atoms with E-state index in [1.165, 1.54) is 4.88 Å². The Morgan fingerprint density at radius 3 is 2.90 bits per heavy atom. The van der Waals surface area contributed by atoms with Gasteiger partial charge in [-0.05, 0) is 42.1 Å². The Morgan fingerprint density at radius 2 is 2.15 bits per heavy atom. The van der Waals surface area contributed by atoms with E-state index < -0.39 is 0 Å². The van der Waals surface area contributed by atoms with Crippen molar-refractivity contribution in [3.8, 4) is 11.3 Å². The first-order valence-corrected chi connectivity index (χ1v) is 7.27. The highest BCUT2D eigenvalue weighted by Crippen LogP contribution is 2.22. The summed E-state index contributed by atoms with van der Waals surface area (Å²) in [6.45, 7) is 0. The summed E-state index contributed by atoms with van der Waals surface area (Å²) in [7, 11) is 0. The number of ketones is 1. The van der Waals surface area contributed by atoms with Crippen molar-refractivity contribution in [3.05, 3.63) is 64.8 Å². The van der Waals surface area contributed by atoms with E-state index in [0.29, 0.717) is 17.9 Å². The Bertz CT molecular complexity index is 686. The van der Waals surface area contributed by atoms with Crippen LogP contribution in [0.25, 0.3) is 11.3 Å². The highest BCUT2D eigenvalue weighted by molar-refractivity contribution is 7.09. The average molecular weight is 283 g/mol. The normalized spacial score (nSPS) is 10.6. The van der Waals surface area contributed by atoms with Gasteiger partial charge in [0.1, 0.15) is 5.76 Å². The number of carbonyl (C=O) groups is 1. The van der Waals surface area contributed by atoms with Crippen molar-refractivity contribution >= 4 is 17.1 Å². The number of nitrogens with zero attached hydrogens (tertiary/aromatic N) is 1. The summed E-state index contributed by atoms with van der Waals surface area (Å²) in [6, 6.07) is 11.3. The van der Waals surface area contributed by atoms with Crippen LogP contribution in [0.3, 0.4) is 0 Å². The molecule has 0 aliphatic carbocycles. The maximum absolute atomic E-state index is 12.1. The third-order valence-electron chi connectivity index (χ3n) is 3.01. The van der Waals surface area contributed by atoms with Crippen LogP contribution in [0.4, 0.5) is 0 Å². The Balaban J connectivity index is 1.69. The summed E-state index contributed by atoms with van der Waals surface area (Å²) >= 11 is 1.67. The van der Waals surface area contributed by atoms with Gasteiger partial charge in [0.2, 0.25) is 0 Å². The number of hydrogen-bond donors (Lipinski definition) is 0. The quantitative estimate of drug-likeness (QED) is 0.658. The van der Waals surface area contributed by atoms with Crippen molar-refractivity contribution in [2.45, 2.75) is 12.8 Å². The summed E-state index contributed by atoms with van der Waals surface area (Å²) in [6.07, 6.45) is 4.66. The molecule has 100 valence electrons. The number of aryl methyl sites for hydroxylation is 1. The minimum atomic E-state index is 0.0357. The molecule has 0 aliphatic rings. The molecule has 0 unspecified atom stereocenters. The van der Waals surface area contributed by atoms with Gasteiger partial charge < -0.3 is 4.42 Å². The van der Waals surface area contributed by atoms with Crippen LogP contribution in [-0.4, -0.2) is 10.8 Å². The van der Waals surface area contributed by atoms with Crippen LogP contribution >= 0.6 is 11.3 Å². The topological polar surface area (TPSA) is 43.1 Å². The second-order valence-electron chi connectivity index (χ2n) is 4.41. The standard InChI is InChI=1S/C16H13NO2S/c18-14(6-5-13-4-2-10-20-13)16-8-7-15(19-16)12-3-1-9-17-11-12/h1-4,7-11H,5-6H2. The predicted octanol–water partition coefficient (Wildman–Crippen LogP) is 4.22. The molecule has 0 amide bonds. The second-order valence-corrected chi connectivity index (χ2v) is 5.44. The van der Waals surface area contributed by atoms with Crippen molar-refractivity contribution in [2.24, 2.45) is 0 Å². The van der Waals surface area contributed by atoms with Crippen LogP contribution in [0.15, 0.2) is 58.6 Å². The van der Waals surface area contributed by atoms with Gasteiger partial charge in [-0.3, -0.25) is 9.78 Å². The molecule has 3 rings (SSSR count). The molecule has 3 heterocycles. The zero-order valence-corrected chi connectivity index (χ0v) is 11.6. The number of furan rings is 1. The van der Waals surface area contributed by atoms with Gasteiger partial charge in [0, 0.05) is 29.3 Å². The molecule has 3 nitrogen and oxygen atoms in total. The first-order valence-electron chi connectivity index (χ1n) is 6.39. The van der Waals surface area contributed by atoms with Crippen molar-refractivity contribution < 1.29 is 9.21 Å². The molecule has 0 atom stereocenters. The largest absolute Gasteiger partial charge is 0.453 e. The third kappa shape index (κ3) is 2.86. The van der Waals surface area contributed by atoms with Crippen LogP contribution in [0.2, 0.25) is 0 Å². The Labute approximate surface area is 120 Å². The smallest absolute Gasteiger partial charge is 0.198 e. The first kappa shape index (κ1) is 12.8. The molecule has 0 saturated heterocycles. The van der Waals surface area contributed by atoms with E-state index in [1.54, 1.807) is 29.8 Å². The fraction of sp³-hybridized carbons (Fsp3) is 0.125. The Kier molecular flexibility index (Phi) is 3.74. The van der Waals surface area contributed by atoms with Crippen LogP contribution in [0.1, 0.15) is 21.9 Å². The molecule has 20 heavy (non-hydrogen) atoms. The summed E-state index contributed by atoms with van der Waals surface area (Å²) in [4.78, 5) is 17.3. The second kappa shape index (κ2) is 5.84. The molecule has 0 saturated carbocycles. The van der Waals surface area contributed by atoms with E-state index in [2.05, 4.69) is 4.98 Å². The fourth-order valence-corrected chi connectivity index (χ4v) is 2.68. The van der Waals surface area contributed by atoms with Gasteiger partial charge in [-0.25, -0.2) is 0 Å². The number of Topliss-reactive ketones (excluding diaryl/α,β-unsaturated/α-hetero) is 1. The van der Waals surface area contributed by atoms with Crippen LogP contribution in [0.5, 0.6) is 0 Å². The van der Waals surface area contributed by atoms with E-state index in [1.807, 2.05) is 35.7 Å². The van der Waals surface area contributed by atoms with E-state index in [9.17, 15) is 4.79 Å². The Hall–Kier alpha value is -2.20. The molecular formula is C16H13NO2S. The number of hydrogen-bond acceptors (Lipinski definition) is 4. The molecule has 0 fully saturated rings. The lowest BCUT2D eigenvalue weighted by atomic mass is 10.1. The lowest BCUT2D eigenvalue weighted by molar-refractivity contribution is 0.0957. The number of rotatable bonds is 5. The van der Waals surface area contributed by atoms with Gasteiger partial charge in [-0.1, -0.05) is 6.07 Å². The Morgan fingerprint density at radius 1 is 1.20 bits per heavy atom. The van der Waals surface area contributed by atoms with Crippen molar-refractivity contribution in [1.82, 2.24) is 4.98 Å². The van der Waals surface area contributed by atoms with E-state index in [4.69, 9.17) is 4.42 Å². The summed E-state index contributed by atoms with van der Waals surface area (Å²) < 4.78 is 5.62. The lowest BCUT2D eigenvalue weighted by Gasteiger charge is -1.97. The minimum absolute atomic E-state index is 0.0357. The zero-order chi connectivity index (χ0) is 13.8. The van der Waals surface area contributed by atoms with Crippen LogP contribution in [-0.2, 0) is 6.42 Å². The van der Waals surface area contributed by atoms with Crippen molar-refractivity contribution in [2.75, 3.05) is 0 Å². The van der Waals surface area contributed by atoms with E-state index >= 15 is 0 Å². The monoisotopic (exact) mass is 283 g/mol. The lowest BCUT2D eigenvalue weighted by Crippen LogP contribution is -1.98. The highest BCUT2D eigenvalue weighted by Gasteiger charge is 2.12. The molecule has 0 aliphatic heterocycles. The molecule has 4 heteroatoms. The molecule has 0 radical (unpaired) electrons. The van der Waals surface area contributed by atoms with E-state index in [-0.39, 0.29) is 5.78 Å². The minimum Gasteiger partial charge on any atom is -0.453 e. The number of thiophene rings is 1. The fourth-order valence-electron chi connectivity index (χ4n) is 1.97. The summed E-state index contributed by atoms with van der Waals surface area (Å²) in [5.41, 5.74) is 0.879. The van der Waals surface area contributed by atoms with Gasteiger partial charge >= 0.3 is 0 Å². The van der Waals surface area contributed by atoms with Crippen LogP contribution < -0.4 is 0 Å². The van der Waals surface area contributed by atoms with E-state index in [0.717, 1.165) is 12.0 Å². The molecule has 0 aromatic carbocycles. The summed E-state index contributed by atoms with van der Waals surface area (Å²) in [5, 5.41) is 2.02. The molecule has 0 spiro atoms. The maximum atomic E-state index is 12.1. The van der Waals surface area contributed by atoms with Gasteiger partial charge in [-0.15, -0.1) is 11.3 Å². The SMILES string of the molecule is O=C(CCc1cccs1)c1ccc(-c2cccnc2)o1. The number of aromatic nitrogens is 1. The van der Waals surface area contributed by atoms with Gasteiger partial charge in [0.15, 0.2) is 11.5 Å². The number of carbonyl (C=O) groups excluding carboxylic acids is 1. The molecule has 3 aromatic heterocycles. The third-order valence-corrected chi connectivity index (χ3v) is 3.94. The molecular weight excluding hydrogens is 270 g/mol. The number of pyridine rings is 1. The van der Waals surface area contributed by atoms with Gasteiger partial charge in [0.25, 0.3) is 0 Å². The highest BCUT2D eigenvalue weighted by atomic mass is 32.1. The van der Waals surface area contributed by atoms with Crippen LogP contribution in [0, 0.1) is 0 Å². The first-order chi connectivity index (χ1) is 9.83. The molecule has 0 bridgehead atoms. The van der Waals surface area contributed by atoms with Gasteiger partial charge in [-0.2, -0.15) is 0 Å². The summed E-state index contributed by atoms with van der Waals surface area (Å²) in [5.74, 6) is 1.13. The molecule has 0 N–H and O–H groups in total. The average Bonchev–Trinajstić information content (AvgIpc) is 3.17. The molecule has 3 aromatic rings. The zero-order valence-electron chi connectivity index (χ0n) is 10.8.